The minimum absolute atomic E-state index is 0. The van der Waals surface area contributed by atoms with E-state index in [1.807, 2.05) is 11.0 Å². The molecule has 1 amide bonds. The number of amides is 1. The average molecular weight is 346 g/mol. The molecule has 1 fully saturated rings. The normalized spacial score (nSPS) is 16.4. The third-order valence-corrected chi connectivity index (χ3v) is 4.18. The van der Waals surface area contributed by atoms with E-state index in [0.29, 0.717) is 13.0 Å². The number of fused-ring (bicyclic) bond motifs is 1. The molecule has 6 heteroatoms. The fourth-order valence-electron chi connectivity index (χ4n) is 2.87. The molecular formula is C16H25Cl2N3O. The number of benzene rings is 1. The molecule has 1 aromatic carbocycles. The number of para-hydroxylation sites is 2. The van der Waals surface area contributed by atoms with Gasteiger partial charge in [0.05, 0.1) is 11.4 Å². The second-order valence-electron chi connectivity index (χ2n) is 5.82. The van der Waals surface area contributed by atoms with Crippen molar-refractivity contribution >= 4 is 42.1 Å². The van der Waals surface area contributed by atoms with Crippen LogP contribution in [0.1, 0.15) is 25.7 Å². The first-order chi connectivity index (χ1) is 9.79. The smallest absolute Gasteiger partial charge is 0.227 e. The summed E-state index contributed by atoms with van der Waals surface area (Å²) in [6.07, 6.45) is 4.03. The van der Waals surface area contributed by atoms with Crippen LogP contribution < -0.4 is 15.5 Å². The summed E-state index contributed by atoms with van der Waals surface area (Å²) < 4.78 is 0. The first-order valence-corrected chi connectivity index (χ1v) is 7.64. The van der Waals surface area contributed by atoms with E-state index in [4.69, 9.17) is 5.73 Å². The molecular weight excluding hydrogens is 321 g/mol. The van der Waals surface area contributed by atoms with Crippen molar-refractivity contribution in [2.45, 2.75) is 25.7 Å². The summed E-state index contributed by atoms with van der Waals surface area (Å²) in [5.41, 5.74) is 7.79. The van der Waals surface area contributed by atoms with Crippen molar-refractivity contribution in [2.75, 3.05) is 36.0 Å². The van der Waals surface area contributed by atoms with Gasteiger partial charge >= 0.3 is 0 Å². The number of hydrogen-bond acceptors (Lipinski definition) is 3. The van der Waals surface area contributed by atoms with E-state index in [1.54, 1.807) is 0 Å². The molecule has 0 atom stereocenters. The number of anilines is 2. The number of carbonyl (C=O) groups excluding carboxylic acids is 1. The van der Waals surface area contributed by atoms with Crippen molar-refractivity contribution in [3.63, 3.8) is 0 Å². The summed E-state index contributed by atoms with van der Waals surface area (Å²) in [4.78, 5) is 16.7. The standard InChI is InChI=1S/C16H23N3O.2ClH/c17-9-3-6-16(20)19-11-10-18(12-13-7-8-13)14-4-1-2-5-15(14)19;;/h1-2,4-5,13H,3,6-12,17H2;2*1H. The predicted octanol–water partition coefficient (Wildman–Crippen LogP) is 2.83. The van der Waals surface area contributed by atoms with Crippen molar-refractivity contribution < 1.29 is 4.79 Å². The van der Waals surface area contributed by atoms with Gasteiger partial charge in [-0.15, -0.1) is 24.8 Å². The molecule has 0 aromatic heterocycles. The second kappa shape index (κ2) is 8.61. The molecule has 22 heavy (non-hydrogen) atoms. The van der Waals surface area contributed by atoms with Crippen LogP contribution in [0.15, 0.2) is 24.3 Å². The zero-order valence-electron chi connectivity index (χ0n) is 12.7. The molecule has 0 spiro atoms. The molecule has 124 valence electrons. The van der Waals surface area contributed by atoms with Gasteiger partial charge in [-0.3, -0.25) is 4.79 Å². The van der Waals surface area contributed by atoms with Crippen LogP contribution >= 0.6 is 24.8 Å². The lowest BCUT2D eigenvalue weighted by atomic mass is 10.1. The molecule has 0 bridgehead atoms. The molecule has 0 unspecified atom stereocenters. The van der Waals surface area contributed by atoms with Gasteiger partial charge in [0, 0.05) is 26.1 Å². The lowest BCUT2D eigenvalue weighted by molar-refractivity contribution is -0.118. The summed E-state index contributed by atoms with van der Waals surface area (Å²) in [5, 5.41) is 0. The van der Waals surface area contributed by atoms with Gasteiger partial charge in [0.15, 0.2) is 0 Å². The Kier molecular flexibility index (Phi) is 7.46. The molecule has 2 aliphatic rings. The Balaban J connectivity index is 0.00000121. The van der Waals surface area contributed by atoms with E-state index in [2.05, 4.69) is 23.1 Å². The van der Waals surface area contributed by atoms with Crippen LogP contribution in [-0.2, 0) is 4.79 Å². The first kappa shape index (κ1) is 19.1. The fourth-order valence-corrected chi connectivity index (χ4v) is 2.87. The summed E-state index contributed by atoms with van der Waals surface area (Å²) >= 11 is 0. The summed E-state index contributed by atoms with van der Waals surface area (Å²) in [7, 11) is 0. The Labute approximate surface area is 144 Å². The average Bonchev–Trinajstić information content (AvgIpc) is 3.29. The van der Waals surface area contributed by atoms with Gasteiger partial charge in [-0.25, -0.2) is 0 Å². The molecule has 0 saturated heterocycles. The molecule has 1 aliphatic heterocycles. The van der Waals surface area contributed by atoms with Crippen LogP contribution in [0.5, 0.6) is 0 Å². The van der Waals surface area contributed by atoms with E-state index >= 15 is 0 Å². The number of nitrogens with two attached hydrogens (primary N) is 1. The zero-order chi connectivity index (χ0) is 13.9. The van der Waals surface area contributed by atoms with Crippen molar-refractivity contribution in [3.8, 4) is 0 Å². The highest BCUT2D eigenvalue weighted by Crippen LogP contribution is 2.37. The quantitative estimate of drug-likeness (QED) is 0.892. The highest BCUT2D eigenvalue weighted by atomic mass is 35.5. The molecule has 3 rings (SSSR count). The van der Waals surface area contributed by atoms with Crippen LogP contribution in [0.3, 0.4) is 0 Å². The van der Waals surface area contributed by atoms with E-state index in [1.165, 1.54) is 18.5 Å². The minimum Gasteiger partial charge on any atom is -0.368 e. The SMILES string of the molecule is Cl.Cl.NCCCC(=O)N1CCN(CC2CC2)c2ccccc21. The van der Waals surface area contributed by atoms with Gasteiger partial charge in [-0.2, -0.15) is 0 Å². The maximum atomic E-state index is 12.3. The number of carbonyl (C=O) groups is 1. The summed E-state index contributed by atoms with van der Waals surface area (Å²) in [6, 6.07) is 8.28. The monoisotopic (exact) mass is 345 g/mol. The predicted molar refractivity (Wildman–Crippen MR) is 96.5 cm³/mol. The maximum Gasteiger partial charge on any atom is 0.227 e. The molecule has 1 saturated carbocycles. The molecule has 1 heterocycles. The molecule has 0 radical (unpaired) electrons. The Bertz CT molecular complexity index is 494. The number of halogens is 2. The van der Waals surface area contributed by atoms with Crippen LogP contribution in [-0.4, -0.2) is 32.1 Å². The zero-order valence-corrected chi connectivity index (χ0v) is 14.4. The first-order valence-electron chi connectivity index (χ1n) is 7.64. The van der Waals surface area contributed by atoms with Gasteiger partial charge in [-0.05, 0) is 43.9 Å². The number of nitrogens with zero attached hydrogens (tertiary/aromatic N) is 2. The van der Waals surface area contributed by atoms with Gasteiger partial charge in [0.1, 0.15) is 0 Å². The maximum absolute atomic E-state index is 12.3. The Morgan fingerprint density at radius 3 is 2.45 bits per heavy atom. The third-order valence-electron chi connectivity index (χ3n) is 4.18. The topological polar surface area (TPSA) is 49.6 Å². The van der Waals surface area contributed by atoms with Crippen LogP contribution in [0, 0.1) is 5.92 Å². The molecule has 1 aromatic rings. The Morgan fingerprint density at radius 2 is 1.82 bits per heavy atom. The Hall–Kier alpha value is -0.970. The Morgan fingerprint density at radius 1 is 1.14 bits per heavy atom. The van der Waals surface area contributed by atoms with Crippen LogP contribution in [0.4, 0.5) is 11.4 Å². The largest absolute Gasteiger partial charge is 0.368 e. The van der Waals surface area contributed by atoms with Gasteiger partial charge in [0.25, 0.3) is 0 Å². The van der Waals surface area contributed by atoms with Gasteiger partial charge in [-0.1, -0.05) is 12.1 Å². The fraction of sp³-hybridized carbons (Fsp3) is 0.562. The van der Waals surface area contributed by atoms with Gasteiger partial charge < -0.3 is 15.5 Å². The highest BCUT2D eigenvalue weighted by molar-refractivity contribution is 5.97. The molecule has 4 nitrogen and oxygen atoms in total. The van der Waals surface area contributed by atoms with Crippen molar-refractivity contribution in [2.24, 2.45) is 11.7 Å². The number of hydrogen-bond donors (Lipinski definition) is 1. The van der Waals surface area contributed by atoms with Crippen molar-refractivity contribution in [1.29, 1.82) is 0 Å². The van der Waals surface area contributed by atoms with E-state index in [9.17, 15) is 4.79 Å². The summed E-state index contributed by atoms with van der Waals surface area (Å²) in [6.45, 7) is 3.46. The van der Waals surface area contributed by atoms with Crippen molar-refractivity contribution in [3.05, 3.63) is 24.3 Å². The van der Waals surface area contributed by atoms with Crippen molar-refractivity contribution in [1.82, 2.24) is 0 Å². The van der Waals surface area contributed by atoms with Gasteiger partial charge in [0.2, 0.25) is 5.91 Å². The molecule has 2 N–H and O–H groups in total. The van der Waals surface area contributed by atoms with Crippen LogP contribution in [0.2, 0.25) is 0 Å². The summed E-state index contributed by atoms with van der Waals surface area (Å²) in [5.74, 6) is 1.07. The lowest BCUT2D eigenvalue weighted by Gasteiger charge is -2.38. The second-order valence-corrected chi connectivity index (χ2v) is 5.82. The van der Waals surface area contributed by atoms with E-state index < -0.39 is 0 Å². The van der Waals surface area contributed by atoms with E-state index in [0.717, 1.165) is 37.7 Å². The highest BCUT2D eigenvalue weighted by Gasteiger charge is 2.30. The van der Waals surface area contributed by atoms with E-state index in [-0.39, 0.29) is 30.7 Å². The minimum atomic E-state index is 0. The third kappa shape index (κ3) is 4.28. The van der Waals surface area contributed by atoms with Crippen LogP contribution in [0.25, 0.3) is 0 Å². The lowest BCUT2D eigenvalue weighted by Crippen LogP contribution is -2.44. The number of rotatable bonds is 5. The molecule has 1 aliphatic carbocycles.